The lowest BCUT2D eigenvalue weighted by molar-refractivity contribution is 0.615. The minimum absolute atomic E-state index is 0.996. The number of hydrogen-bond donors (Lipinski definition) is 1. The Labute approximate surface area is 139 Å². The maximum atomic E-state index is 3.58. The molecule has 0 aliphatic rings. The molecule has 0 unspecified atom stereocenters. The molecule has 0 bridgehead atoms. The van der Waals surface area contributed by atoms with Gasteiger partial charge in [-0.25, -0.2) is 0 Å². The lowest BCUT2D eigenvalue weighted by Gasteiger charge is -2.10. The Balaban J connectivity index is 1.78. The van der Waals surface area contributed by atoms with Gasteiger partial charge >= 0.3 is 0 Å². The summed E-state index contributed by atoms with van der Waals surface area (Å²) in [7, 11) is 0. The third kappa shape index (κ3) is 6.25. The van der Waals surface area contributed by atoms with Gasteiger partial charge in [-0.3, -0.25) is 0 Å². The standard InChI is InChI=1S/C20H27NS/c1-2-3-9-15-21-17-19-11-8-7-10-18(19)14-16-22-20-12-5-4-6-13-20/h4-8,10-13,21H,2-3,9,14-17H2,1H3. The highest BCUT2D eigenvalue weighted by Gasteiger charge is 2.02. The van der Waals surface area contributed by atoms with Gasteiger partial charge in [0.1, 0.15) is 0 Å². The molecule has 0 aliphatic heterocycles. The molecular formula is C20H27NS. The van der Waals surface area contributed by atoms with E-state index in [4.69, 9.17) is 0 Å². The number of rotatable bonds is 10. The molecule has 1 N–H and O–H groups in total. The van der Waals surface area contributed by atoms with Crippen LogP contribution >= 0.6 is 11.8 Å². The third-order valence-corrected chi connectivity index (χ3v) is 4.79. The van der Waals surface area contributed by atoms with Crippen molar-refractivity contribution in [3.05, 3.63) is 65.7 Å². The number of aryl methyl sites for hydroxylation is 1. The van der Waals surface area contributed by atoms with Crippen molar-refractivity contribution in [3.63, 3.8) is 0 Å². The first-order valence-electron chi connectivity index (χ1n) is 8.35. The predicted octanol–water partition coefficient (Wildman–Crippen LogP) is 5.30. The molecule has 0 amide bonds. The molecule has 0 atom stereocenters. The molecule has 2 heteroatoms. The summed E-state index contributed by atoms with van der Waals surface area (Å²) in [5.41, 5.74) is 2.93. The van der Waals surface area contributed by atoms with E-state index in [-0.39, 0.29) is 0 Å². The van der Waals surface area contributed by atoms with Crippen molar-refractivity contribution in [2.24, 2.45) is 0 Å². The minimum atomic E-state index is 0.996. The molecule has 0 aromatic heterocycles. The number of benzene rings is 2. The predicted molar refractivity (Wildman–Crippen MR) is 98.5 cm³/mol. The maximum Gasteiger partial charge on any atom is 0.0208 e. The Morgan fingerprint density at radius 1 is 0.864 bits per heavy atom. The molecule has 118 valence electrons. The highest BCUT2D eigenvalue weighted by Crippen LogP contribution is 2.19. The van der Waals surface area contributed by atoms with Gasteiger partial charge in [-0.15, -0.1) is 11.8 Å². The zero-order chi connectivity index (χ0) is 15.5. The molecule has 2 aromatic rings. The van der Waals surface area contributed by atoms with Gasteiger partial charge in [-0.2, -0.15) is 0 Å². The Kier molecular flexibility index (Phi) is 8.14. The van der Waals surface area contributed by atoms with E-state index in [0.717, 1.165) is 25.3 Å². The van der Waals surface area contributed by atoms with E-state index < -0.39 is 0 Å². The summed E-state index contributed by atoms with van der Waals surface area (Å²) >= 11 is 1.94. The van der Waals surface area contributed by atoms with E-state index in [1.807, 2.05) is 11.8 Å². The van der Waals surface area contributed by atoms with Gasteiger partial charge in [0.15, 0.2) is 0 Å². The molecule has 1 nitrogen and oxygen atoms in total. The maximum absolute atomic E-state index is 3.58. The van der Waals surface area contributed by atoms with Gasteiger partial charge in [-0.05, 0) is 42.6 Å². The van der Waals surface area contributed by atoms with E-state index in [1.54, 1.807) is 0 Å². The topological polar surface area (TPSA) is 12.0 Å². The molecule has 0 saturated heterocycles. The minimum Gasteiger partial charge on any atom is -0.313 e. The lowest BCUT2D eigenvalue weighted by Crippen LogP contribution is -2.16. The monoisotopic (exact) mass is 313 g/mol. The SMILES string of the molecule is CCCCCNCc1ccccc1CCSc1ccccc1. The smallest absolute Gasteiger partial charge is 0.0208 e. The van der Waals surface area contributed by atoms with Crippen molar-refractivity contribution in [2.45, 2.75) is 44.0 Å². The summed E-state index contributed by atoms with van der Waals surface area (Å²) in [5.74, 6) is 1.14. The average molecular weight is 314 g/mol. The Morgan fingerprint density at radius 3 is 2.36 bits per heavy atom. The van der Waals surface area contributed by atoms with Crippen molar-refractivity contribution in [1.82, 2.24) is 5.32 Å². The quantitative estimate of drug-likeness (QED) is 0.472. The zero-order valence-electron chi connectivity index (χ0n) is 13.6. The van der Waals surface area contributed by atoms with E-state index in [1.165, 1.54) is 35.3 Å². The molecule has 0 radical (unpaired) electrons. The van der Waals surface area contributed by atoms with Crippen molar-refractivity contribution in [1.29, 1.82) is 0 Å². The summed E-state index contributed by atoms with van der Waals surface area (Å²) in [5, 5.41) is 3.58. The first-order valence-corrected chi connectivity index (χ1v) is 9.34. The molecule has 0 saturated carbocycles. The molecule has 0 aliphatic carbocycles. The fourth-order valence-corrected chi connectivity index (χ4v) is 3.40. The van der Waals surface area contributed by atoms with Gasteiger partial charge < -0.3 is 5.32 Å². The number of hydrogen-bond acceptors (Lipinski definition) is 2. The molecule has 2 rings (SSSR count). The van der Waals surface area contributed by atoms with Crippen molar-refractivity contribution in [3.8, 4) is 0 Å². The fraction of sp³-hybridized carbons (Fsp3) is 0.400. The Bertz CT molecular complexity index is 524. The van der Waals surface area contributed by atoms with Crippen LogP contribution in [-0.4, -0.2) is 12.3 Å². The first kappa shape index (κ1) is 17.1. The van der Waals surface area contributed by atoms with Crippen LogP contribution in [-0.2, 0) is 13.0 Å². The van der Waals surface area contributed by atoms with Crippen LogP contribution in [0.1, 0.15) is 37.3 Å². The zero-order valence-corrected chi connectivity index (χ0v) is 14.4. The van der Waals surface area contributed by atoms with Crippen LogP contribution < -0.4 is 5.32 Å². The Morgan fingerprint density at radius 2 is 1.59 bits per heavy atom. The molecule has 0 fully saturated rings. The van der Waals surface area contributed by atoms with Gasteiger partial charge in [0, 0.05) is 17.2 Å². The van der Waals surface area contributed by atoms with Crippen LogP contribution in [0.2, 0.25) is 0 Å². The van der Waals surface area contributed by atoms with Crippen LogP contribution in [0, 0.1) is 0 Å². The molecule has 0 spiro atoms. The summed E-state index contributed by atoms with van der Waals surface area (Å²) in [6, 6.07) is 19.5. The van der Waals surface area contributed by atoms with E-state index in [0.29, 0.717) is 0 Å². The number of unbranched alkanes of at least 4 members (excludes halogenated alkanes) is 2. The van der Waals surface area contributed by atoms with Gasteiger partial charge in [0.2, 0.25) is 0 Å². The van der Waals surface area contributed by atoms with E-state index in [2.05, 4.69) is 66.8 Å². The second-order valence-corrected chi connectivity index (χ2v) is 6.73. The van der Waals surface area contributed by atoms with Crippen LogP contribution in [0.4, 0.5) is 0 Å². The van der Waals surface area contributed by atoms with Gasteiger partial charge in [-0.1, -0.05) is 62.2 Å². The number of nitrogens with one attached hydrogen (secondary N) is 1. The van der Waals surface area contributed by atoms with Crippen LogP contribution in [0.5, 0.6) is 0 Å². The van der Waals surface area contributed by atoms with Crippen molar-refractivity contribution < 1.29 is 0 Å². The fourth-order valence-electron chi connectivity index (χ4n) is 2.49. The second-order valence-electron chi connectivity index (χ2n) is 5.56. The molecular weight excluding hydrogens is 286 g/mol. The largest absolute Gasteiger partial charge is 0.313 e. The average Bonchev–Trinajstić information content (AvgIpc) is 2.57. The second kappa shape index (κ2) is 10.5. The van der Waals surface area contributed by atoms with Crippen LogP contribution in [0.25, 0.3) is 0 Å². The van der Waals surface area contributed by atoms with Gasteiger partial charge in [0.05, 0.1) is 0 Å². The molecule has 2 aromatic carbocycles. The first-order chi connectivity index (χ1) is 10.9. The van der Waals surface area contributed by atoms with Crippen LogP contribution in [0.3, 0.4) is 0 Å². The summed E-state index contributed by atoms with van der Waals surface area (Å²) in [4.78, 5) is 1.36. The third-order valence-electron chi connectivity index (χ3n) is 3.77. The van der Waals surface area contributed by atoms with Crippen LogP contribution in [0.15, 0.2) is 59.5 Å². The van der Waals surface area contributed by atoms with Gasteiger partial charge in [0.25, 0.3) is 0 Å². The van der Waals surface area contributed by atoms with Crippen molar-refractivity contribution in [2.75, 3.05) is 12.3 Å². The summed E-state index contributed by atoms with van der Waals surface area (Å²) in [6.45, 7) is 4.37. The normalized spacial score (nSPS) is 10.8. The van der Waals surface area contributed by atoms with Crippen molar-refractivity contribution >= 4 is 11.8 Å². The highest BCUT2D eigenvalue weighted by molar-refractivity contribution is 7.99. The van der Waals surface area contributed by atoms with E-state index in [9.17, 15) is 0 Å². The summed E-state index contributed by atoms with van der Waals surface area (Å²) in [6.07, 6.45) is 5.02. The van der Waals surface area contributed by atoms with E-state index >= 15 is 0 Å². The summed E-state index contributed by atoms with van der Waals surface area (Å²) < 4.78 is 0. The lowest BCUT2D eigenvalue weighted by atomic mass is 10.1. The Hall–Kier alpha value is -1.25. The molecule has 0 heterocycles. The number of thioether (sulfide) groups is 1. The molecule has 22 heavy (non-hydrogen) atoms. The highest BCUT2D eigenvalue weighted by atomic mass is 32.2.